The molecule has 3 nitrogen and oxygen atoms in total. The third-order valence-electron chi connectivity index (χ3n) is 2.09. The molecule has 0 unspecified atom stereocenters. The lowest BCUT2D eigenvalue weighted by molar-refractivity contribution is 0.410. The van der Waals surface area contributed by atoms with Crippen molar-refractivity contribution in [1.29, 1.82) is 5.26 Å². The van der Waals surface area contributed by atoms with E-state index in [9.17, 15) is 5.11 Å². The van der Waals surface area contributed by atoms with Crippen molar-refractivity contribution in [3.63, 3.8) is 0 Å². The lowest BCUT2D eigenvalue weighted by atomic mass is 10.2. The lowest BCUT2D eigenvalue weighted by Crippen LogP contribution is -1.87. The van der Waals surface area contributed by atoms with Crippen molar-refractivity contribution >= 4 is 0 Å². The number of para-hydroxylation sites is 3. The molecule has 2 rings (SSSR count). The van der Waals surface area contributed by atoms with Gasteiger partial charge in [-0.2, -0.15) is 5.26 Å². The molecule has 0 radical (unpaired) electrons. The maximum Gasteiger partial charge on any atom is 0.169 e. The highest BCUT2D eigenvalue weighted by atomic mass is 16.5. The molecule has 0 bridgehead atoms. The molecule has 3 heteroatoms. The van der Waals surface area contributed by atoms with Gasteiger partial charge >= 0.3 is 0 Å². The second kappa shape index (κ2) is 4.37. The minimum absolute atomic E-state index is 0.0512. The highest BCUT2D eigenvalue weighted by Gasteiger charge is 2.06. The van der Waals surface area contributed by atoms with E-state index >= 15 is 0 Å². The van der Waals surface area contributed by atoms with Crippen molar-refractivity contribution in [1.82, 2.24) is 0 Å². The van der Waals surface area contributed by atoms with Crippen LogP contribution in [-0.4, -0.2) is 5.11 Å². The van der Waals surface area contributed by atoms with Crippen LogP contribution in [0, 0.1) is 11.3 Å². The van der Waals surface area contributed by atoms with Crippen molar-refractivity contribution in [2.75, 3.05) is 0 Å². The molecule has 0 amide bonds. The first-order valence-corrected chi connectivity index (χ1v) is 4.76. The van der Waals surface area contributed by atoms with E-state index in [1.54, 1.807) is 42.5 Å². The molecular weight excluding hydrogens is 202 g/mol. The molecular formula is C13H9NO2. The molecule has 16 heavy (non-hydrogen) atoms. The van der Waals surface area contributed by atoms with Crippen molar-refractivity contribution in [3.8, 4) is 23.3 Å². The smallest absolute Gasteiger partial charge is 0.169 e. The molecule has 0 atom stereocenters. The van der Waals surface area contributed by atoms with Crippen molar-refractivity contribution in [3.05, 3.63) is 54.1 Å². The second-order valence-corrected chi connectivity index (χ2v) is 3.18. The maximum absolute atomic E-state index is 9.53. The van der Waals surface area contributed by atoms with Crippen LogP contribution in [-0.2, 0) is 0 Å². The Morgan fingerprint density at radius 1 is 0.938 bits per heavy atom. The number of rotatable bonds is 2. The first-order valence-electron chi connectivity index (χ1n) is 4.76. The zero-order chi connectivity index (χ0) is 11.4. The van der Waals surface area contributed by atoms with Gasteiger partial charge in [-0.15, -0.1) is 0 Å². The molecule has 0 saturated carbocycles. The van der Waals surface area contributed by atoms with E-state index in [1.165, 1.54) is 6.07 Å². The van der Waals surface area contributed by atoms with E-state index in [-0.39, 0.29) is 5.75 Å². The SMILES string of the molecule is N#Cc1ccccc1Oc1ccccc1O. The van der Waals surface area contributed by atoms with Crippen LogP contribution in [0.3, 0.4) is 0 Å². The summed E-state index contributed by atoms with van der Waals surface area (Å²) in [5.74, 6) is 0.826. The van der Waals surface area contributed by atoms with Gasteiger partial charge < -0.3 is 9.84 Å². The molecule has 0 aliphatic carbocycles. The molecule has 0 fully saturated rings. The van der Waals surface area contributed by atoms with Crippen LogP contribution in [0.1, 0.15) is 5.56 Å². The van der Waals surface area contributed by atoms with Gasteiger partial charge in [0, 0.05) is 0 Å². The Balaban J connectivity index is 2.35. The Kier molecular flexibility index (Phi) is 2.75. The van der Waals surface area contributed by atoms with Gasteiger partial charge in [-0.25, -0.2) is 0 Å². The number of hydrogen-bond donors (Lipinski definition) is 1. The van der Waals surface area contributed by atoms with Gasteiger partial charge in [0.15, 0.2) is 11.5 Å². The van der Waals surface area contributed by atoms with Crippen LogP contribution < -0.4 is 4.74 Å². The van der Waals surface area contributed by atoms with Gasteiger partial charge in [0.2, 0.25) is 0 Å². The average molecular weight is 211 g/mol. The number of phenolic OH excluding ortho intramolecular Hbond substituents is 1. The molecule has 1 N–H and O–H groups in total. The van der Waals surface area contributed by atoms with Gasteiger partial charge in [0.25, 0.3) is 0 Å². The van der Waals surface area contributed by atoms with Gasteiger partial charge in [0.1, 0.15) is 11.8 Å². The average Bonchev–Trinajstić information content (AvgIpc) is 2.33. The van der Waals surface area contributed by atoms with E-state index < -0.39 is 0 Å². The fraction of sp³-hybridized carbons (Fsp3) is 0. The largest absolute Gasteiger partial charge is 0.504 e. The zero-order valence-corrected chi connectivity index (χ0v) is 8.42. The predicted octanol–water partition coefficient (Wildman–Crippen LogP) is 3.06. The quantitative estimate of drug-likeness (QED) is 0.830. The summed E-state index contributed by atoms with van der Waals surface area (Å²) in [6.45, 7) is 0. The maximum atomic E-state index is 9.53. The summed E-state index contributed by atoms with van der Waals surface area (Å²) in [5.41, 5.74) is 0.436. The van der Waals surface area contributed by atoms with E-state index in [4.69, 9.17) is 10.00 Å². The number of phenols is 1. The summed E-state index contributed by atoms with van der Waals surface area (Å²) in [4.78, 5) is 0. The molecule has 0 saturated heterocycles. The standard InChI is InChI=1S/C13H9NO2/c14-9-10-5-1-3-7-12(10)16-13-8-4-2-6-11(13)15/h1-8,15H. The Labute approximate surface area is 93.2 Å². The molecule has 0 aliphatic rings. The van der Waals surface area contributed by atoms with Crippen LogP contribution in [0.2, 0.25) is 0 Å². The first kappa shape index (κ1) is 10.1. The summed E-state index contributed by atoms with van der Waals surface area (Å²) in [6, 6.07) is 15.5. The molecule has 0 spiro atoms. The van der Waals surface area contributed by atoms with Gasteiger partial charge in [-0.1, -0.05) is 24.3 Å². The fourth-order valence-corrected chi connectivity index (χ4v) is 1.31. The predicted molar refractivity (Wildman–Crippen MR) is 59.3 cm³/mol. The number of aromatic hydroxyl groups is 1. The number of nitriles is 1. The summed E-state index contributed by atoms with van der Waals surface area (Å²) in [6.07, 6.45) is 0. The monoisotopic (exact) mass is 211 g/mol. The van der Waals surface area contributed by atoms with Crippen LogP contribution in [0.15, 0.2) is 48.5 Å². The minimum Gasteiger partial charge on any atom is -0.504 e. The van der Waals surface area contributed by atoms with Crippen molar-refractivity contribution < 1.29 is 9.84 Å². The summed E-state index contributed by atoms with van der Waals surface area (Å²) in [7, 11) is 0. The Bertz CT molecular complexity index is 544. The molecule has 0 aliphatic heterocycles. The normalized spacial score (nSPS) is 9.44. The van der Waals surface area contributed by atoms with Crippen molar-refractivity contribution in [2.45, 2.75) is 0 Å². The third-order valence-corrected chi connectivity index (χ3v) is 2.09. The summed E-state index contributed by atoms with van der Waals surface area (Å²) in [5, 5.41) is 18.4. The molecule has 0 heterocycles. The van der Waals surface area contributed by atoms with Crippen LogP contribution in [0.25, 0.3) is 0 Å². The first-order chi connectivity index (χ1) is 7.81. The Hall–Kier alpha value is -2.47. The molecule has 78 valence electrons. The third kappa shape index (κ3) is 1.96. The topological polar surface area (TPSA) is 53.2 Å². The fourth-order valence-electron chi connectivity index (χ4n) is 1.31. The molecule has 2 aromatic rings. The van der Waals surface area contributed by atoms with Gasteiger partial charge in [0.05, 0.1) is 5.56 Å². The van der Waals surface area contributed by atoms with Gasteiger partial charge in [-0.3, -0.25) is 0 Å². The van der Waals surface area contributed by atoms with Gasteiger partial charge in [-0.05, 0) is 24.3 Å². The second-order valence-electron chi connectivity index (χ2n) is 3.18. The number of ether oxygens (including phenoxy) is 1. The summed E-state index contributed by atoms with van der Waals surface area (Å²) < 4.78 is 5.46. The van der Waals surface area contributed by atoms with Crippen molar-refractivity contribution in [2.24, 2.45) is 0 Å². The van der Waals surface area contributed by atoms with E-state index in [0.717, 1.165) is 0 Å². The molecule has 2 aromatic carbocycles. The van der Waals surface area contributed by atoms with Crippen LogP contribution in [0.5, 0.6) is 17.2 Å². The highest BCUT2D eigenvalue weighted by Crippen LogP contribution is 2.31. The van der Waals surface area contributed by atoms with E-state index in [2.05, 4.69) is 0 Å². The van der Waals surface area contributed by atoms with Crippen LogP contribution in [0.4, 0.5) is 0 Å². The van der Waals surface area contributed by atoms with E-state index in [0.29, 0.717) is 17.1 Å². The number of benzene rings is 2. The number of hydrogen-bond acceptors (Lipinski definition) is 3. The Morgan fingerprint density at radius 3 is 2.25 bits per heavy atom. The zero-order valence-electron chi connectivity index (χ0n) is 8.42. The molecule has 0 aromatic heterocycles. The Morgan fingerprint density at radius 2 is 1.56 bits per heavy atom. The minimum atomic E-state index is 0.0512. The summed E-state index contributed by atoms with van der Waals surface area (Å²) >= 11 is 0. The number of nitrogens with zero attached hydrogens (tertiary/aromatic N) is 1. The van der Waals surface area contributed by atoms with E-state index in [1.807, 2.05) is 6.07 Å². The van der Waals surface area contributed by atoms with Crippen LogP contribution >= 0.6 is 0 Å². The highest BCUT2D eigenvalue weighted by molar-refractivity contribution is 5.47. The lowest BCUT2D eigenvalue weighted by Gasteiger charge is -2.07.